The Balaban J connectivity index is 3.11. The molecule has 15 heavy (non-hydrogen) atoms. The summed E-state index contributed by atoms with van der Waals surface area (Å²) in [5.41, 5.74) is 2.28. The maximum absolute atomic E-state index is 6.01. The lowest BCUT2D eigenvalue weighted by Gasteiger charge is -2.28. The molecule has 0 bridgehead atoms. The van der Waals surface area contributed by atoms with Gasteiger partial charge in [0.15, 0.2) is 3.79 Å². The van der Waals surface area contributed by atoms with Crippen molar-refractivity contribution in [3.8, 4) is 0 Å². The Hall–Kier alpha value is 0.0900. The molecule has 1 unspecified atom stereocenters. The predicted octanol–water partition coefficient (Wildman–Crippen LogP) is 5.10. The van der Waals surface area contributed by atoms with Crippen molar-refractivity contribution in [1.82, 2.24) is 0 Å². The first-order chi connectivity index (χ1) is 6.82. The number of benzene rings is 1. The molecule has 0 aliphatic rings. The summed E-state index contributed by atoms with van der Waals surface area (Å²) in [6, 6.07) is 8.13. The predicted molar refractivity (Wildman–Crippen MR) is 69.0 cm³/mol. The zero-order valence-electron chi connectivity index (χ0n) is 9.10. The second kappa shape index (κ2) is 4.95. The van der Waals surface area contributed by atoms with Gasteiger partial charge in [-0.1, -0.05) is 78.5 Å². The zero-order valence-corrected chi connectivity index (χ0v) is 11.4. The van der Waals surface area contributed by atoms with Gasteiger partial charge in [0.05, 0.1) is 0 Å². The lowest BCUT2D eigenvalue weighted by atomic mass is 9.89. The van der Waals surface area contributed by atoms with Crippen LogP contribution in [0.4, 0.5) is 0 Å². The SMILES string of the molecule is Cc1cccc(C(C(C)C)C(Cl)(Cl)Cl)c1. The van der Waals surface area contributed by atoms with Crippen molar-refractivity contribution in [3.05, 3.63) is 35.4 Å². The van der Waals surface area contributed by atoms with Crippen LogP contribution in [0.5, 0.6) is 0 Å². The molecule has 0 aromatic heterocycles. The summed E-state index contributed by atoms with van der Waals surface area (Å²) in [4.78, 5) is 0. The van der Waals surface area contributed by atoms with Gasteiger partial charge in [0.1, 0.15) is 0 Å². The van der Waals surface area contributed by atoms with E-state index in [0.717, 1.165) is 5.56 Å². The quantitative estimate of drug-likeness (QED) is 0.652. The minimum absolute atomic E-state index is 0.0672. The van der Waals surface area contributed by atoms with E-state index >= 15 is 0 Å². The molecule has 1 rings (SSSR count). The first-order valence-electron chi connectivity index (χ1n) is 4.95. The van der Waals surface area contributed by atoms with E-state index in [0.29, 0.717) is 5.92 Å². The highest BCUT2D eigenvalue weighted by Gasteiger charge is 2.35. The third kappa shape index (κ3) is 3.55. The molecule has 0 spiro atoms. The summed E-state index contributed by atoms with van der Waals surface area (Å²) in [5.74, 6) is 0.224. The second-order valence-electron chi connectivity index (χ2n) is 4.18. The van der Waals surface area contributed by atoms with E-state index in [9.17, 15) is 0 Å². The fourth-order valence-corrected chi connectivity index (χ4v) is 2.95. The molecule has 3 heteroatoms. The summed E-state index contributed by atoms with van der Waals surface area (Å²) in [7, 11) is 0. The average Bonchev–Trinajstić information content (AvgIpc) is 1.99. The van der Waals surface area contributed by atoms with Crippen molar-refractivity contribution in [2.45, 2.75) is 30.5 Å². The largest absolute Gasteiger partial charge is 0.197 e. The highest BCUT2D eigenvalue weighted by Crippen LogP contribution is 2.45. The molecule has 0 aliphatic heterocycles. The number of hydrogen-bond acceptors (Lipinski definition) is 0. The Bertz CT molecular complexity index is 326. The van der Waals surface area contributed by atoms with E-state index in [-0.39, 0.29) is 5.92 Å². The van der Waals surface area contributed by atoms with Gasteiger partial charge in [-0.2, -0.15) is 0 Å². The molecule has 1 atom stereocenters. The van der Waals surface area contributed by atoms with Crippen molar-refractivity contribution < 1.29 is 0 Å². The van der Waals surface area contributed by atoms with E-state index in [1.165, 1.54) is 5.56 Å². The molecule has 1 aromatic rings. The van der Waals surface area contributed by atoms with Crippen LogP contribution in [0.2, 0.25) is 0 Å². The second-order valence-corrected chi connectivity index (χ2v) is 6.55. The molecule has 0 fully saturated rings. The molecule has 0 saturated heterocycles. The van der Waals surface area contributed by atoms with E-state index < -0.39 is 3.79 Å². The van der Waals surface area contributed by atoms with Gasteiger partial charge in [-0.05, 0) is 18.4 Å². The van der Waals surface area contributed by atoms with E-state index in [1.807, 2.05) is 25.1 Å². The maximum Gasteiger partial charge on any atom is 0.197 e. The van der Waals surface area contributed by atoms with Gasteiger partial charge in [0.25, 0.3) is 0 Å². The minimum Gasteiger partial charge on any atom is -0.0830 e. The molecule has 0 heterocycles. The molecule has 0 nitrogen and oxygen atoms in total. The van der Waals surface area contributed by atoms with Gasteiger partial charge in [-0.25, -0.2) is 0 Å². The Kier molecular flexibility index (Phi) is 4.34. The summed E-state index contributed by atoms with van der Waals surface area (Å²) in [6.45, 7) is 6.17. The monoisotopic (exact) mass is 264 g/mol. The van der Waals surface area contributed by atoms with Crippen LogP contribution in [0.3, 0.4) is 0 Å². The van der Waals surface area contributed by atoms with Crippen LogP contribution in [0.25, 0.3) is 0 Å². The Labute approximate surface area is 107 Å². The molecule has 0 aliphatic carbocycles. The Morgan fingerprint density at radius 3 is 2.13 bits per heavy atom. The number of rotatable bonds is 2. The third-order valence-electron chi connectivity index (χ3n) is 2.42. The molecule has 84 valence electrons. The highest BCUT2D eigenvalue weighted by molar-refractivity contribution is 6.68. The van der Waals surface area contributed by atoms with Gasteiger partial charge in [0, 0.05) is 5.92 Å². The first kappa shape index (κ1) is 13.2. The number of aryl methyl sites for hydroxylation is 1. The fourth-order valence-electron chi connectivity index (χ4n) is 1.82. The van der Waals surface area contributed by atoms with Crippen molar-refractivity contribution >= 4 is 34.8 Å². The Morgan fingerprint density at radius 2 is 1.73 bits per heavy atom. The van der Waals surface area contributed by atoms with Gasteiger partial charge in [-0.3, -0.25) is 0 Å². The van der Waals surface area contributed by atoms with Crippen molar-refractivity contribution in [3.63, 3.8) is 0 Å². The van der Waals surface area contributed by atoms with Crippen LogP contribution in [0.1, 0.15) is 30.9 Å². The van der Waals surface area contributed by atoms with Crippen molar-refractivity contribution in [1.29, 1.82) is 0 Å². The molecule has 0 amide bonds. The number of hydrogen-bond donors (Lipinski definition) is 0. The third-order valence-corrected chi connectivity index (χ3v) is 3.13. The normalized spacial score (nSPS) is 14.3. The molecule has 0 radical (unpaired) electrons. The lowest BCUT2D eigenvalue weighted by molar-refractivity contribution is 0.505. The highest BCUT2D eigenvalue weighted by atomic mass is 35.6. The van der Waals surface area contributed by atoms with Crippen LogP contribution in [-0.4, -0.2) is 3.79 Å². The maximum atomic E-state index is 6.01. The van der Waals surface area contributed by atoms with Crippen LogP contribution in [-0.2, 0) is 0 Å². The lowest BCUT2D eigenvalue weighted by Crippen LogP contribution is -2.22. The summed E-state index contributed by atoms with van der Waals surface area (Å²) < 4.78 is -1.25. The van der Waals surface area contributed by atoms with Crippen LogP contribution in [0.15, 0.2) is 24.3 Å². The summed E-state index contributed by atoms with van der Waals surface area (Å²) >= 11 is 18.0. The zero-order chi connectivity index (χ0) is 11.6. The smallest absolute Gasteiger partial charge is 0.0830 e. The summed E-state index contributed by atoms with van der Waals surface area (Å²) in [6.07, 6.45) is 0. The average molecular weight is 266 g/mol. The van der Waals surface area contributed by atoms with E-state index in [1.54, 1.807) is 0 Å². The van der Waals surface area contributed by atoms with Crippen molar-refractivity contribution in [2.24, 2.45) is 5.92 Å². The molecular weight excluding hydrogens is 250 g/mol. The van der Waals surface area contributed by atoms with Crippen LogP contribution < -0.4 is 0 Å². The van der Waals surface area contributed by atoms with Gasteiger partial charge < -0.3 is 0 Å². The number of halogens is 3. The Morgan fingerprint density at radius 1 is 1.13 bits per heavy atom. The first-order valence-corrected chi connectivity index (χ1v) is 6.09. The van der Waals surface area contributed by atoms with Gasteiger partial charge in [0.2, 0.25) is 0 Å². The number of alkyl halides is 3. The molecule has 0 saturated carbocycles. The molecule has 1 aromatic carbocycles. The molecular formula is C12H15Cl3. The molecule has 0 N–H and O–H groups in total. The van der Waals surface area contributed by atoms with E-state index in [2.05, 4.69) is 19.9 Å². The topological polar surface area (TPSA) is 0 Å². The minimum atomic E-state index is -1.25. The standard InChI is InChI=1S/C12H15Cl3/c1-8(2)11(12(13,14)15)10-6-4-5-9(3)7-10/h4-8,11H,1-3H3. The van der Waals surface area contributed by atoms with E-state index in [4.69, 9.17) is 34.8 Å². The van der Waals surface area contributed by atoms with Gasteiger partial charge in [-0.15, -0.1) is 0 Å². The van der Waals surface area contributed by atoms with Gasteiger partial charge >= 0.3 is 0 Å². The van der Waals surface area contributed by atoms with Crippen LogP contribution in [0, 0.1) is 12.8 Å². The van der Waals surface area contributed by atoms with Crippen molar-refractivity contribution in [2.75, 3.05) is 0 Å². The van der Waals surface area contributed by atoms with Crippen LogP contribution >= 0.6 is 34.8 Å². The summed E-state index contributed by atoms with van der Waals surface area (Å²) in [5, 5.41) is 0. The fraction of sp³-hybridized carbons (Fsp3) is 0.500.